The van der Waals surface area contributed by atoms with Gasteiger partial charge < -0.3 is 11.5 Å². The van der Waals surface area contributed by atoms with E-state index in [4.69, 9.17) is 17.9 Å². The Bertz CT molecular complexity index is 121. The Kier molecular flexibility index (Phi) is 4.89. The highest BCUT2D eigenvalue weighted by Gasteiger charge is 1.84. The van der Waals surface area contributed by atoms with E-state index in [0.717, 1.165) is 6.42 Å². The highest BCUT2D eigenvalue weighted by molar-refractivity contribution is 5.09. The molecule has 0 aromatic carbocycles. The molecule has 0 radical (unpaired) electrons. The van der Waals surface area contributed by atoms with Crippen molar-refractivity contribution in [1.82, 2.24) is 0 Å². The van der Waals surface area contributed by atoms with Crippen molar-refractivity contribution in [2.24, 2.45) is 11.5 Å². The van der Waals surface area contributed by atoms with Gasteiger partial charge in [0.05, 0.1) is 6.04 Å². The molecule has 1 unspecified atom stereocenters. The van der Waals surface area contributed by atoms with Gasteiger partial charge in [-0.1, -0.05) is 18.1 Å². The fourth-order valence-electron chi connectivity index (χ4n) is 0.395. The van der Waals surface area contributed by atoms with Crippen LogP contribution < -0.4 is 11.5 Å². The Labute approximate surface area is 55.9 Å². The molecular formula is C7H12N2. The van der Waals surface area contributed by atoms with Gasteiger partial charge in [0.25, 0.3) is 0 Å². The van der Waals surface area contributed by atoms with Gasteiger partial charge >= 0.3 is 0 Å². The number of rotatable bonds is 3. The Balaban J connectivity index is 3.35. The first-order valence-electron chi connectivity index (χ1n) is 2.89. The fourth-order valence-corrected chi connectivity index (χ4v) is 0.395. The molecule has 0 aromatic heterocycles. The summed E-state index contributed by atoms with van der Waals surface area (Å²) in [6, 6.07) is -0.253. The SMILES string of the molecule is C#CC(N)C=CCCN. The zero-order valence-corrected chi connectivity index (χ0v) is 5.38. The van der Waals surface area contributed by atoms with Gasteiger partial charge in [-0.3, -0.25) is 0 Å². The van der Waals surface area contributed by atoms with Crippen LogP contribution in [0.4, 0.5) is 0 Å². The molecule has 0 aliphatic rings. The van der Waals surface area contributed by atoms with Crippen LogP contribution in [0.25, 0.3) is 0 Å². The third kappa shape index (κ3) is 5.09. The van der Waals surface area contributed by atoms with E-state index in [1.54, 1.807) is 6.08 Å². The van der Waals surface area contributed by atoms with E-state index < -0.39 is 0 Å². The van der Waals surface area contributed by atoms with Crippen molar-refractivity contribution in [2.45, 2.75) is 12.5 Å². The molecule has 0 aliphatic heterocycles. The van der Waals surface area contributed by atoms with Crippen LogP contribution in [0, 0.1) is 12.3 Å². The van der Waals surface area contributed by atoms with Crippen LogP contribution in [-0.2, 0) is 0 Å². The fraction of sp³-hybridized carbons (Fsp3) is 0.429. The van der Waals surface area contributed by atoms with Crippen molar-refractivity contribution in [3.63, 3.8) is 0 Å². The Morgan fingerprint density at radius 1 is 1.67 bits per heavy atom. The van der Waals surface area contributed by atoms with Crippen LogP contribution >= 0.6 is 0 Å². The van der Waals surface area contributed by atoms with Gasteiger partial charge in [0.15, 0.2) is 0 Å². The van der Waals surface area contributed by atoms with Crippen molar-refractivity contribution in [1.29, 1.82) is 0 Å². The molecule has 0 fully saturated rings. The molecule has 0 bridgehead atoms. The first-order chi connectivity index (χ1) is 4.31. The summed E-state index contributed by atoms with van der Waals surface area (Å²) in [6.07, 6.45) is 9.50. The monoisotopic (exact) mass is 124 g/mol. The largest absolute Gasteiger partial charge is 0.330 e. The predicted octanol–water partition coefficient (Wildman–Crippen LogP) is -0.148. The average Bonchev–Trinajstić information content (AvgIpc) is 1.89. The third-order valence-electron chi connectivity index (χ3n) is 0.869. The van der Waals surface area contributed by atoms with Gasteiger partial charge in [-0.2, -0.15) is 0 Å². The first kappa shape index (κ1) is 8.22. The van der Waals surface area contributed by atoms with Crippen LogP contribution in [0.15, 0.2) is 12.2 Å². The summed E-state index contributed by atoms with van der Waals surface area (Å²) in [5.74, 6) is 2.37. The molecule has 0 rings (SSSR count). The predicted molar refractivity (Wildman–Crippen MR) is 39.6 cm³/mol. The van der Waals surface area contributed by atoms with Gasteiger partial charge in [0, 0.05) is 0 Å². The molecule has 9 heavy (non-hydrogen) atoms. The standard InChI is InChI=1S/C7H12N2/c1-2-7(9)5-3-4-6-8/h1,3,5,7H,4,6,8-9H2. The summed E-state index contributed by atoms with van der Waals surface area (Å²) in [6.45, 7) is 0.647. The maximum Gasteiger partial charge on any atom is 0.0848 e. The maximum absolute atomic E-state index is 5.35. The van der Waals surface area contributed by atoms with E-state index >= 15 is 0 Å². The lowest BCUT2D eigenvalue weighted by Gasteiger charge is -1.91. The van der Waals surface area contributed by atoms with Gasteiger partial charge in [0.2, 0.25) is 0 Å². The molecule has 50 valence electrons. The van der Waals surface area contributed by atoms with Gasteiger partial charge in [0.1, 0.15) is 0 Å². The lowest BCUT2D eigenvalue weighted by atomic mass is 10.3. The van der Waals surface area contributed by atoms with E-state index in [0.29, 0.717) is 6.54 Å². The quantitative estimate of drug-likeness (QED) is 0.406. The van der Waals surface area contributed by atoms with Crippen molar-refractivity contribution in [3.8, 4) is 12.3 Å². The lowest BCUT2D eigenvalue weighted by Crippen LogP contribution is -2.13. The first-order valence-corrected chi connectivity index (χ1v) is 2.89. The minimum Gasteiger partial charge on any atom is -0.330 e. The highest BCUT2D eigenvalue weighted by atomic mass is 14.6. The van der Waals surface area contributed by atoms with Gasteiger partial charge in [-0.15, -0.1) is 6.42 Å². The second-order valence-electron chi connectivity index (χ2n) is 1.70. The Hall–Kier alpha value is -0.780. The average molecular weight is 124 g/mol. The molecule has 0 spiro atoms. The maximum atomic E-state index is 5.35. The minimum absolute atomic E-state index is 0.253. The number of hydrogen-bond donors (Lipinski definition) is 2. The van der Waals surface area contributed by atoms with E-state index in [1.165, 1.54) is 0 Å². The zero-order valence-electron chi connectivity index (χ0n) is 5.38. The Morgan fingerprint density at radius 2 is 2.33 bits per heavy atom. The second-order valence-corrected chi connectivity index (χ2v) is 1.70. The van der Waals surface area contributed by atoms with Gasteiger partial charge in [-0.25, -0.2) is 0 Å². The molecule has 0 amide bonds. The number of nitrogens with two attached hydrogens (primary N) is 2. The highest BCUT2D eigenvalue weighted by Crippen LogP contribution is 1.81. The minimum atomic E-state index is -0.253. The molecule has 1 atom stereocenters. The summed E-state index contributed by atoms with van der Waals surface area (Å²) in [7, 11) is 0. The molecule has 0 heterocycles. The molecule has 4 N–H and O–H groups in total. The van der Waals surface area contributed by atoms with E-state index in [9.17, 15) is 0 Å². The van der Waals surface area contributed by atoms with Crippen LogP contribution in [0.3, 0.4) is 0 Å². The van der Waals surface area contributed by atoms with Crippen molar-refractivity contribution >= 4 is 0 Å². The summed E-state index contributed by atoms with van der Waals surface area (Å²) >= 11 is 0. The number of hydrogen-bond acceptors (Lipinski definition) is 2. The van der Waals surface area contributed by atoms with Crippen LogP contribution in [-0.4, -0.2) is 12.6 Å². The van der Waals surface area contributed by atoms with Crippen molar-refractivity contribution < 1.29 is 0 Å². The van der Waals surface area contributed by atoms with Crippen LogP contribution in [0.5, 0.6) is 0 Å². The molecule has 0 aromatic rings. The Morgan fingerprint density at radius 3 is 2.78 bits per heavy atom. The summed E-state index contributed by atoms with van der Waals surface area (Å²) in [4.78, 5) is 0. The van der Waals surface area contributed by atoms with Gasteiger partial charge in [-0.05, 0) is 13.0 Å². The normalized spacial score (nSPS) is 13.4. The lowest BCUT2D eigenvalue weighted by molar-refractivity contribution is 0.984. The smallest absolute Gasteiger partial charge is 0.0848 e. The summed E-state index contributed by atoms with van der Waals surface area (Å²) in [5.41, 5.74) is 10.6. The second kappa shape index (κ2) is 5.36. The molecule has 0 saturated carbocycles. The van der Waals surface area contributed by atoms with Crippen LogP contribution in [0.1, 0.15) is 6.42 Å². The zero-order chi connectivity index (χ0) is 7.11. The molecular weight excluding hydrogens is 112 g/mol. The van der Waals surface area contributed by atoms with Crippen molar-refractivity contribution in [2.75, 3.05) is 6.54 Å². The molecule has 2 nitrogen and oxygen atoms in total. The molecule has 0 aliphatic carbocycles. The summed E-state index contributed by atoms with van der Waals surface area (Å²) in [5, 5.41) is 0. The van der Waals surface area contributed by atoms with E-state index in [-0.39, 0.29) is 6.04 Å². The van der Waals surface area contributed by atoms with Crippen molar-refractivity contribution in [3.05, 3.63) is 12.2 Å². The number of terminal acetylenes is 1. The molecule has 2 heteroatoms. The van der Waals surface area contributed by atoms with E-state index in [1.807, 2.05) is 6.08 Å². The topological polar surface area (TPSA) is 52.0 Å². The van der Waals surface area contributed by atoms with Crippen LogP contribution in [0.2, 0.25) is 0 Å². The molecule has 0 saturated heterocycles. The van der Waals surface area contributed by atoms with E-state index in [2.05, 4.69) is 5.92 Å². The summed E-state index contributed by atoms with van der Waals surface area (Å²) < 4.78 is 0. The third-order valence-corrected chi connectivity index (χ3v) is 0.869.